The number of nitriles is 1. The summed E-state index contributed by atoms with van der Waals surface area (Å²) in [6, 6.07) is 9.13. The van der Waals surface area contributed by atoms with Gasteiger partial charge in [0.25, 0.3) is 5.56 Å². The van der Waals surface area contributed by atoms with Gasteiger partial charge in [-0.15, -0.1) is 0 Å². The van der Waals surface area contributed by atoms with Gasteiger partial charge in [-0.25, -0.2) is 4.79 Å². The van der Waals surface area contributed by atoms with E-state index in [9.17, 15) is 14.9 Å². The van der Waals surface area contributed by atoms with Crippen LogP contribution >= 0.6 is 0 Å². The van der Waals surface area contributed by atoms with E-state index in [1.54, 1.807) is 36.7 Å². The minimum atomic E-state index is -0.629. The first kappa shape index (κ1) is 16.3. The number of pyridine rings is 1. The maximum Gasteiger partial charge on any atom is 0.357 e. The van der Waals surface area contributed by atoms with Crippen molar-refractivity contribution < 1.29 is 9.53 Å². The van der Waals surface area contributed by atoms with Crippen LogP contribution in [0.15, 0.2) is 35.3 Å². The first-order valence-corrected chi connectivity index (χ1v) is 7.49. The van der Waals surface area contributed by atoms with E-state index in [-0.39, 0.29) is 22.5 Å². The van der Waals surface area contributed by atoms with Crippen LogP contribution in [0.1, 0.15) is 21.6 Å². The molecule has 0 radical (unpaired) electrons. The number of methoxy groups -OCH3 is 1. The van der Waals surface area contributed by atoms with Gasteiger partial charge in [-0.2, -0.15) is 5.26 Å². The molecule has 0 saturated carbocycles. The molecule has 0 atom stereocenters. The van der Waals surface area contributed by atoms with Crippen molar-refractivity contribution >= 4 is 22.6 Å². The van der Waals surface area contributed by atoms with Gasteiger partial charge in [0.2, 0.25) is 0 Å². The third kappa shape index (κ3) is 2.44. The first-order chi connectivity index (χ1) is 11.9. The minimum absolute atomic E-state index is 0.0625. The number of nitrogen functional groups attached to an aromatic ring is 1. The molecule has 7 nitrogen and oxygen atoms in total. The molecule has 0 saturated heterocycles. The molecule has 0 bridgehead atoms. The number of rotatable bonds is 2. The summed E-state index contributed by atoms with van der Waals surface area (Å²) in [4.78, 5) is 24.1. The number of carbonyl (C=O) groups excluding carboxylic acids is 1. The van der Waals surface area contributed by atoms with Crippen molar-refractivity contribution in [1.82, 2.24) is 9.13 Å². The van der Waals surface area contributed by atoms with Crippen LogP contribution in [0.3, 0.4) is 0 Å². The predicted molar refractivity (Wildman–Crippen MR) is 93.7 cm³/mol. The van der Waals surface area contributed by atoms with Gasteiger partial charge in [0.05, 0.1) is 23.9 Å². The number of aryl methyl sites for hydroxylation is 2. The summed E-state index contributed by atoms with van der Waals surface area (Å²) in [5.74, 6) is -0.629. The molecule has 1 aromatic carbocycles. The molecule has 3 aromatic rings. The van der Waals surface area contributed by atoms with Crippen molar-refractivity contribution in [3.05, 3.63) is 57.6 Å². The molecular formula is C18H16N4O3. The van der Waals surface area contributed by atoms with E-state index in [1.165, 1.54) is 17.9 Å². The second-order valence-corrected chi connectivity index (χ2v) is 5.71. The maximum atomic E-state index is 12.1. The molecule has 25 heavy (non-hydrogen) atoms. The summed E-state index contributed by atoms with van der Waals surface area (Å²) < 4.78 is 7.88. The normalized spacial score (nSPS) is 10.6. The Hall–Kier alpha value is -3.53. The zero-order valence-electron chi connectivity index (χ0n) is 14.0. The number of hydrogen-bond acceptors (Lipinski definition) is 5. The number of anilines is 1. The number of benzene rings is 1. The number of hydrogen-bond donors (Lipinski definition) is 1. The monoisotopic (exact) mass is 336 g/mol. The Morgan fingerprint density at radius 3 is 2.68 bits per heavy atom. The fourth-order valence-corrected chi connectivity index (χ4v) is 2.90. The second kappa shape index (κ2) is 5.83. The molecule has 0 fully saturated rings. The SMILES string of the molecule is COC(=O)c1c(N)c(C#N)cn1-c1ccc2c(c1)cc(C)c(=O)n2C. The predicted octanol–water partition coefficient (Wildman–Crippen LogP) is 1.88. The van der Waals surface area contributed by atoms with Gasteiger partial charge in [-0.1, -0.05) is 0 Å². The van der Waals surface area contributed by atoms with Crippen molar-refractivity contribution in [2.75, 3.05) is 12.8 Å². The van der Waals surface area contributed by atoms with Gasteiger partial charge in [0.1, 0.15) is 6.07 Å². The van der Waals surface area contributed by atoms with Crippen molar-refractivity contribution in [2.24, 2.45) is 7.05 Å². The number of aromatic nitrogens is 2. The maximum absolute atomic E-state index is 12.1. The van der Waals surface area contributed by atoms with Crippen LogP contribution in [0, 0.1) is 18.3 Å². The lowest BCUT2D eigenvalue weighted by molar-refractivity contribution is 0.0593. The average molecular weight is 336 g/mol. The summed E-state index contributed by atoms with van der Waals surface area (Å²) in [5.41, 5.74) is 8.24. The Bertz CT molecular complexity index is 1120. The van der Waals surface area contributed by atoms with Crippen LogP contribution in [-0.2, 0) is 11.8 Å². The lowest BCUT2D eigenvalue weighted by Gasteiger charge is -2.11. The fraction of sp³-hybridized carbons (Fsp3) is 0.167. The average Bonchev–Trinajstić information content (AvgIpc) is 2.95. The summed E-state index contributed by atoms with van der Waals surface area (Å²) >= 11 is 0. The van der Waals surface area contributed by atoms with E-state index in [0.29, 0.717) is 11.3 Å². The van der Waals surface area contributed by atoms with Crippen LogP contribution in [0.4, 0.5) is 5.69 Å². The zero-order chi connectivity index (χ0) is 18.3. The Morgan fingerprint density at radius 2 is 2.04 bits per heavy atom. The molecule has 0 spiro atoms. The van der Waals surface area contributed by atoms with Crippen LogP contribution in [-0.4, -0.2) is 22.2 Å². The second-order valence-electron chi connectivity index (χ2n) is 5.71. The summed E-state index contributed by atoms with van der Waals surface area (Å²) in [6.07, 6.45) is 1.50. The Kier molecular flexibility index (Phi) is 3.81. The Balaban J connectivity index is 2.31. The molecule has 2 aromatic heterocycles. The van der Waals surface area contributed by atoms with Gasteiger partial charge >= 0.3 is 5.97 Å². The molecule has 3 rings (SSSR count). The highest BCUT2D eigenvalue weighted by Crippen LogP contribution is 2.26. The summed E-state index contributed by atoms with van der Waals surface area (Å²) in [6.45, 7) is 1.75. The molecule has 0 aliphatic rings. The van der Waals surface area contributed by atoms with Crippen LogP contribution in [0.5, 0.6) is 0 Å². The number of esters is 1. The molecule has 2 heterocycles. The van der Waals surface area contributed by atoms with Gasteiger partial charge in [0, 0.05) is 29.9 Å². The molecule has 2 N–H and O–H groups in total. The molecule has 126 valence electrons. The standard InChI is InChI=1S/C18H16N4O3/c1-10-6-11-7-13(4-5-14(11)21(2)17(10)23)22-9-12(8-19)15(20)16(22)18(24)25-3/h4-7,9H,20H2,1-3H3. The highest BCUT2D eigenvalue weighted by molar-refractivity contribution is 5.96. The van der Waals surface area contributed by atoms with Gasteiger partial charge in [0.15, 0.2) is 5.69 Å². The topological polar surface area (TPSA) is 103 Å². The van der Waals surface area contributed by atoms with Crippen molar-refractivity contribution in [3.8, 4) is 11.8 Å². The number of fused-ring (bicyclic) bond motifs is 1. The lowest BCUT2D eigenvalue weighted by Crippen LogP contribution is -2.19. The molecule has 0 amide bonds. The number of nitrogens with zero attached hydrogens (tertiary/aromatic N) is 3. The Morgan fingerprint density at radius 1 is 1.32 bits per heavy atom. The van der Waals surface area contributed by atoms with Gasteiger partial charge in [-0.3, -0.25) is 4.79 Å². The first-order valence-electron chi connectivity index (χ1n) is 7.49. The number of ether oxygens (including phenoxy) is 1. The quantitative estimate of drug-likeness (QED) is 0.720. The van der Waals surface area contributed by atoms with Crippen LogP contribution in [0.2, 0.25) is 0 Å². The van der Waals surface area contributed by atoms with Crippen LogP contribution in [0.25, 0.3) is 16.6 Å². The van der Waals surface area contributed by atoms with Crippen molar-refractivity contribution in [3.63, 3.8) is 0 Å². The molecule has 7 heteroatoms. The van der Waals surface area contributed by atoms with E-state index in [4.69, 9.17) is 10.5 Å². The highest BCUT2D eigenvalue weighted by atomic mass is 16.5. The van der Waals surface area contributed by atoms with Crippen molar-refractivity contribution in [2.45, 2.75) is 6.92 Å². The van der Waals surface area contributed by atoms with Crippen molar-refractivity contribution in [1.29, 1.82) is 5.26 Å². The summed E-state index contributed by atoms with van der Waals surface area (Å²) in [7, 11) is 2.96. The molecule has 0 unspecified atom stereocenters. The molecule has 0 aliphatic heterocycles. The van der Waals surface area contributed by atoms with E-state index in [1.807, 2.05) is 12.1 Å². The van der Waals surface area contributed by atoms with E-state index in [2.05, 4.69) is 0 Å². The lowest BCUT2D eigenvalue weighted by atomic mass is 10.1. The van der Waals surface area contributed by atoms with Crippen LogP contribution < -0.4 is 11.3 Å². The van der Waals surface area contributed by atoms with Gasteiger partial charge < -0.3 is 19.6 Å². The smallest absolute Gasteiger partial charge is 0.357 e. The Labute approximate surface area is 143 Å². The fourth-order valence-electron chi connectivity index (χ4n) is 2.90. The molecular weight excluding hydrogens is 320 g/mol. The third-order valence-electron chi connectivity index (χ3n) is 4.21. The zero-order valence-corrected chi connectivity index (χ0v) is 14.0. The van der Waals surface area contributed by atoms with E-state index >= 15 is 0 Å². The third-order valence-corrected chi connectivity index (χ3v) is 4.21. The molecule has 0 aliphatic carbocycles. The highest BCUT2D eigenvalue weighted by Gasteiger charge is 2.21. The number of carbonyl (C=O) groups is 1. The number of nitrogens with two attached hydrogens (primary N) is 1. The minimum Gasteiger partial charge on any atom is -0.464 e. The summed E-state index contributed by atoms with van der Waals surface area (Å²) in [5, 5.41) is 10.0. The van der Waals surface area contributed by atoms with Gasteiger partial charge in [-0.05, 0) is 31.2 Å². The van der Waals surface area contributed by atoms with E-state index < -0.39 is 5.97 Å². The van der Waals surface area contributed by atoms with E-state index in [0.717, 1.165) is 10.9 Å². The largest absolute Gasteiger partial charge is 0.464 e.